The van der Waals surface area contributed by atoms with Gasteiger partial charge in [-0.3, -0.25) is 4.31 Å². The van der Waals surface area contributed by atoms with Crippen molar-refractivity contribution in [1.29, 1.82) is 0 Å². The molecule has 0 saturated heterocycles. The molecular formula is CH9BO8P3S-. The first kappa shape index (κ1) is 14.9. The summed E-state index contributed by atoms with van der Waals surface area (Å²) >= 11 is 4.69. The molecule has 0 aromatic rings. The van der Waals surface area contributed by atoms with Gasteiger partial charge < -0.3 is 19.2 Å². The zero-order chi connectivity index (χ0) is 11.6. The molecule has 0 radical (unpaired) electrons. The summed E-state index contributed by atoms with van der Waals surface area (Å²) in [5.41, 5.74) is 0. The molecule has 8 nitrogen and oxygen atoms in total. The Hall–Kier alpha value is 0.935. The fraction of sp³-hybridized carbons (Fsp3) is 1.00. The van der Waals surface area contributed by atoms with E-state index >= 15 is 0 Å². The lowest BCUT2D eigenvalue weighted by Gasteiger charge is -2.23. The molecule has 0 saturated carbocycles. The van der Waals surface area contributed by atoms with Crippen LogP contribution in [0.25, 0.3) is 0 Å². The minimum absolute atomic E-state index is 0.715. The maximum absolute atomic E-state index is 10.9. The lowest BCUT2D eigenvalue weighted by Crippen LogP contribution is -1.94. The largest absolute Gasteiger partial charge is 0.483 e. The van der Waals surface area contributed by atoms with E-state index in [4.69, 9.17) is 26.5 Å². The molecule has 14 heavy (non-hydrogen) atoms. The zero-order valence-corrected chi connectivity index (χ0v) is 9.63. The van der Waals surface area contributed by atoms with E-state index in [1.165, 1.54) is 7.11 Å². The fourth-order valence-corrected chi connectivity index (χ4v) is 3.43. The van der Waals surface area contributed by atoms with Crippen molar-refractivity contribution >= 4 is 41.4 Å². The average Bonchev–Trinajstić information content (AvgIpc) is 1.78. The summed E-state index contributed by atoms with van der Waals surface area (Å²) in [6.45, 7) is 0. The van der Waals surface area contributed by atoms with Crippen LogP contribution < -0.4 is 0 Å². The second kappa shape index (κ2) is 4.85. The van der Waals surface area contributed by atoms with Gasteiger partial charge in [-0.15, -0.1) is 0 Å². The maximum atomic E-state index is 10.9. The Morgan fingerprint density at radius 2 is 1.64 bits per heavy atom. The Balaban J connectivity index is 4.60. The molecule has 0 bridgehead atoms. The highest BCUT2D eigenvalue weighted by Crippen LogP contribution is 2.65. The monoisotopic (exact) mass is 285 g/mol. The molecule has 0 fully saturated rings. The lowest BCUT2D eigenvalue weighted by atomic mass is 10.8. The summed E-state index contributed by atoms with van der Waals surface area (Å²) in [4.78, 5) is 25.4. The third-order valence-electron chi connectivity index (χ3n) is 0.528. The second-order valence-electron chi connectivity index (χ2n) is 1.53. The molecule has 2 atom stereocenters. The second-order valence-corrected chi connectivity index (χ2v) is 6.46. The van der Waals surface area contributed by atoms with Crippen LogP contribution in [0, 0.1) is 0 Å². The molecule has 0 rings (SSSR count). The van der Waals surface area contributed by atoms with Crippen LogP contribution in [0.5, 0.6) is 0 Å². The summed E-state index contributed by atoms with van der Waals surface area (Å²) in [6, 6.07) is 0. The van der Waals surface area contributed by atoms with Crippen LogP contribution in [-0.2, 0) is 34.1 Å². The van der Waals surface area contributed by atoms with Crippen LogP contribution in [0.1, 0.15) is 0 Å². The van der Waals surface area contributed by atoms with Crippen LogP contribution in [0.3, 0.4) is 0 Å². The maximum Gasteiger partial charge on any atom is 0.483 e. The number of rotatable bonds is 5. The van der Waals surface area contributed by atoms with Gasteiger partial charge in [0.25, 0.3) is 0 Å². The van der Waals surface area contributed by atoms with E-state index in [1.807, 2.05) is 0 Å². The molecular weight excluding hydrogens is 276 g/mol. The van der Waals surface area contributed by atoms with E-state index in [0.717, 1.165) is 0 Å². The van der Waals surface area contributed by atoms with Gasteiger partial charge >= 0.3 is 15.6 Å². The third kappa shape index (κ3) is 7.26. The van der Waals surface area contributed by atoms with Gasteiger partial charge in [0, 0.05) is 13.5 Å². The van der Waals surface area contributed by atoms with E-state index in [0.29, 0.717) is 0 Å². The SMILES string of the molecule is [BH3-]P(=S)(OC)OP(=O)(O)OP(=O)(O)O. The van der Waals surface area contributed by atoms with E-state index < -0.39 is 29.6 Å². The van der Waals surface area contributed by atoms with E-state index in [2.05, 4.69) is 13.1 Å². The fourth-order valence-electron chi connectivity index (χ4n) is 0.267. The Labute approximate surface area is 86.0 Å². The van der Waals surface area contributed by atoms with Crippen LogP contribution in [0.15, 0.2) is 0 Å². The van der Waals surface area contributed by atoms with E-state index in [-0.39, 0.29) is 0 Å². The normalized spacial score (nSPS) is 21.2. The molecule has 0 spiro atoms. The van der Waals surface area contributed by atoms with E-state index in [9.17, 15) is 9.13 Å². The van der Waals surface area contributed by atoms with E-state index in [1.54, 1.807) is 0 Å². The first-order chi connectivity index (χ1) is 5.97. The third-order valence-corrected chi connectivity index (χ3v) is 4.91. The molecule has 0 aromatic heterocycles. The molecule has 0 aliphatic rings. The highest BCUT2D eigenvalue weighted by Gasteiger charge is 2.34. The van der Waals surface area contributed by atoms with Gasteiger partial charge in [0.05, 0.1) is 7.57 Å². The van der Waals surface area contributed by atoms with Crippen molar-refractivity contribution in [3.05, 3.63) is 0 Å². The van der Waals surface area contributed by atoms with Gasteiger partial charge in [-0.25, -0.2) is 9.13 Å². The number of phosphoric acid groups is 2. The van der Waals surface area contributed by atoms with Gasteiger partial charge in [-0.2, -0.15) is 4.31 Å². The molecule has 0 aliphatic carbocycles. The zero-order valence-electron chi connectivity index (χ0n) is 6.13. The van der Waals surface area contributed by atoms with Crippen molar-refractivity contribution in [1.82, 2.24) is 0 Å². The summed E-state index contributed by atoms with van der Waals surface area (Å²) in [5, 5.41) is 0. The summed E-state index contributed by atoms with van der Waals surface area (Å²) in [6.07, 6.45) is -2.78. The summed E-state index contributed by atoms with van der Waals surface area (Å²) in [5.74, 6) is 0. The smallest absolute Gasteiger partial charge is 0.366 e. The quantitative estimate of drug-likeness (QED) is 0.451. The molecule has 0 amide bonds. The van der Waals surface area contributed by atoms with Crippen LogP contribution in [0.2, 0.25) is 0 Å². The topological polar surface area (TPSA) is 123 Å². The van der Waals surface area contributed by atoms with Crippen molar-refractivity contribution in [2.45, 2.75) is 0 Å². The van der Waals surface area contributed by atoms with Gasteiger partial charge in [0.1, 0.15) is 0 Å². The van der Waals surface area contributed by atoms with Crippen molar-refractivity contribution < 1.29 is 37.0 Å². The first-order valence-corrected chi connectivity index (χ1v) is 7.69. The average molecular weight is 285 g/mol. The Kier molecular flexibility index (Phi) is 5.17. The van der Waals surface area contributed by atoms with Crippen molar-refractivity contribution in [3.63, 3.8) is 0 Å². The van der Waals surface area contributed by atoms with Crippen LogP contribution in [0.4, 0.5) is 0 Å². The molecule has 2 unspecified atom stereocenters. The molecule has 0 aromatic carbocycles. The highest BCUT2D eigenvalue weighted by molar-refractivity contribution is 8.22. The number of hydrogen-bond donors (Lipinski definition) is 3. The van der Waals surface area contributed by atoms with Gasteiger partial charge in [0.15, 0.2) is 0 Å². The van der Waals surface area contributed by atoms with Crippen molar-refractivity contribution in [2.75, 3.05) is 7.11 Å². The molecule has 0 aliphatic heterocycles. The molecule has 0 heterocycles. The summed E-state index contributed by atoms with van der Waals surface area (Å²) in [7, 11) is -9.43. The Morgan fingerprint density at radius 3 is 1.93 bits per heavy atom. The minimum atomic E-state index is -5.08. The van der Waals surface area contributed by atoms with Crippen LogP contribution in [-0.4, -0.2) is 29.4 Å². The highest BCUT2D eigenvalue weighted by atomic mass is 32.5. The predicted octanol–water partition coefficient (Wildman–Crippen LogP) is -0.551. The predicted molar refractivity (Wildman–Crippen MR) is 55.3 cm³/mol. The molecule has 86 valence electrons. The van der Waals surface area contributed by atoms with Gasteiger partial charge in [-0.05, 0) is 0 Å². The van der Waals surface area contributed by atoms with Gasteiger partial charge in [0.2, 0.25) is 0 Å². The number of hydrogen-bond acceptors (Lipinski definition) is 6. The Morgan fingerprint density at radius 1 is 1.21 bits per heavy atom. The van der Waals surface area contributed by atoms with Gasteiger partial charge in [-0.1, -0.05) is 11.8 Å². The molecule has 13 heteroatoms. The lowest BCUT2D eigenvalue weighted by molar-refractivity contribution is 0.228. The standard InChI is InChI=1S/CH9BO8P3S/c1-8-11(2,14)9-13(6,7)10-12(3,4)5/h1-2H3,(H,6,7)(H2,3,4,5)/q-1. The van der Waals surface area contributed by atoms with Crippen molar-refractivity contribution in [2.24, 2.45) is 0 Å². The first-order valence-electron chi connectivity index (χ1n) is 2.47. The minimum Gasteiger partial charge on any atom is -0.366 e. The van der Waals surface area contributed by atoms with Crippen LogP contribution >= 0.6 is 22.0 Å². The molecule has 3 N–H and O–H groups in total. The Bertz CT molecular complexity index is 333. The van der Waals surface area contributed by atoms with Crippen molar-refractivity contribution in [3.8, 4) is 0 Å². The summed E-state index contributed by atoms with van der Waals surface area (Å²) < 4.78 is 33.7.